The second-order valence-electron chi connectivity index (χ2n) is 7.32. The lowest BCUT2D eigenvalue weighted by atomic mass is 10.1. The summed E-state index contributed by atoms with van der Waals surface area (Å²) in [5.74, 6) is -2.70. The molecule has 0 aliphatic carbocycles. The molecule has 36 heavy (non-hydrogen) atoms. The first-order valence-electron chi connectivity index (χ1n) is 10.3. The Balaban J connectivity index is 1.42. The standard InChI is InChI=1S/C25H16Cl2N4O5/c26-15-5-8-17(9-6-15)29-23(33)18-3-1-2-4-20(18)30-24(34)25(35)31-28-12-14-13-36-21-10-7-16(27)11-19(21)22(14)32/h1-13H,(H,29,33)(H,30,34)(H,31,35). The fourth-order valence-corrected chi connectivity index (χ4v) is 3.42. The Morgan fingerprint density at radius 1 is 0.861 bits per heavy atom. The number of para-hydroxylation sites is 1. The summed E-state index contributed by atoms with van der Waals surface area (Å²) in [5.41, 5.74) is 2.73. The number of amides is 3. The van der Waals surface area contributed by atoms with Crippen LogP contribution in [0.2, 0.25) is 10.0 Å². The third-order valence-electron chi connectivity index (χ3n) is 4.86. The van der Waals surface area contributed by atoms with Gasteiger partial charge < -0.3 is 15.1 Å². The van der Waals surface area contributed by atoms with Gasteiger partial charge in [0.25, 0.3) is 5.91 Å². The molecular formula is C25H16Cl2N4O5. The molecule has 0 spiro atoms. The molecule has 0 saturated heterocycles. The molecule has 0 fully saturated rings. The average molecular weight is 523 g/mol. The van der Waals surface area contributed by atoms with Gasteiger partial charge in [0.2, 0.25) is 5.43 Å². The third kappa shape index (κ3) is 5.77. The summed E-state index contributed by atoms with van der Waals surface area (Å²) in [6.07, 6.45) is 2.22. The third-order valence-corrected chi connectivity index (χ3v) is 5.35. The quantitative estimate of drug-likeness (QED) is 0.202. The molecule has 3 N–H and O–H groups in total. The zero-order valence-corrected chi connectivity index (χ0v) is 19.8. The highest BCUT2D eigenvalue weighted by Crippen LogP contribution is 2.19. The highest BCUT2D eigenvalue weighted by Gasteiger charge is 2.18. The van der Waals surface area contributed by atoms with Gasteiger partial charge in [0.15, 0.2) is 0 Å². The molecule has 0 atom stereocenters. The molecule has 0 aliphatic heterocycles. The van der Waals surface area contributed by atoms with E-state index in [9.17, 15) is 19.2 Å². The van der Waals surface area contributed by atoms with Gasteiger partial charge in [-0.15, -0.1) is 0 Å². The van der Waals surface area contributed by atoms with Crippen molar-refractivity contribution < 1.29 is 18.8 Å². The number of carbonyl (C=O) groups excluding carboxylic acids is 3. The van der Waals surface area contributed by atoms with Crippen molar-refractivity contribution in [3.8, 4) is 0 Å². The van der Waals surface area contributed by atoms with Crippen molar-refractivity contribution in [2.45, 2.75) is 0 Å². The lowest BCUT2D eigenvalue weighted by Gasteiger charge is -2.11. The summed E-state index contributed by atoms with van der Waals surface area (Å²) in [7, 11) is 0. The summed E-state index contributed by atoms with van der Waals surface area (Å²) >= 11 is 11.8. The largest absolute Gasteiger partial charge is 0.463 e. The molecule has 11 heteroatoms. The van der Waals surface area contributed by atoms with Crippen LogP contribution in [0.15, 0.2) is 87.3 Å². The molecule has 3 amide bonds. The zero-order chi connectivity index (χ0) is 25.7. The number of nitrogens with one attached hydrogen (secondary N) is 3. The minimum atomic E-state index is -1.12. The van der Waals surface area contributed by atoms with Gasteiger partial charge in [0, 0.05) is 15.7 Å². The number of carbonyl (C=O) groups is 3. The van der Waals surface area contributed by atoms with Crippen molar-refractivity contribution in [2.75, 3.05) is 10.6 Å². The topological polar surface area (TPSA) is 130 Å². The second kappa shape index (κ2) is 10.9. The summed E-state index contributed by atoms with van der Waals surface area (Å²) in [5, 5.41) is 9.81. The SMILES string of the molecule is O=C(NN=Cc1coc2ccc(Cl)cc2c1=O)C(=O)Nc1ccccc1C(=O)Nc1ccc(Cl)cc1. The Kier molecular flexibility index (Phi) is 7.43. The van der Waals surface area contributed by atoms with Crippen LogP contribution in [-0.4, -0.2) is 23.9 Å². The molecule has 0 bridgehead atoms. The molecule has 0 aliphatic rings. The van der Waals surface area contributed by atoms with Gasteiger partial charge in [-0.2, -0.15) is 5.10 Å². The summed E-state index contributed by atoms with van der Waals surface area (Å²) < 4.78 is 5.36. The molecule has 4 aromatic rings. The van der Waals surface area contributed by atoms with Crippen molar-refractivity contribution in [3.05, 3.63) is 104 Å². The van der Waals surface area contributed by atoms with Crippen LogP contribution in [0, 0.1) is 0 Å². The Morgan fingerprint density at radius 3 is 2.36 bits per heavy atom. The number of nitrogens with zero attached hydrogens (tertiary/aromatic N) is 1. The van der Waals surface area contributed by atoms with E-state index in [1.165, 1.54) is 24.5 Å². The number of hydrogen-bond donors (Lipinski definition) is 3. The van der Waals surface area contributed by atoms with E-state index in [0.717, 1.165) is 6.21 Å². The Bertz CT molecular complexity index is 1570. The van der Waals surface area contributed by atoms with E-state index >= 15 is 0 Å². The maximum atomic E-state index is 12.7. The van der Waals surface area contributed by atoms with Gasteiger partial charge in [0.05, 0.1) is 28.4 Å². The minimum absolute atomic E-state index is 0.0368. The normalized spacial score (nSPS) is 10.8. The zero-order valence-electron chi connectivity index (χ0n) is 18.2. The minimum Gasteiger partial charge on any atom is -0.463 e. The second-order valence-corrected chi connectivity index (χ2v) is 8.19. The van der Waals surface area contributed by atoms with E-state index in [-0.39, 0.29) is 22.2 Å². The van der Waals surface area contributed by atoms with E-state index in [0.29, 0.717) is 21.3 Å². The molecule has 0 radical (unpaired) electrons. The highest BCUT2D eigenvalue weighted by atomic mass is 35.5. The lowest BCUT2D eigenvalue weighted by Crippen LogP contribution is -2.33. The van der Waals surface area contributed by atoms with E-state index < -0.39 is 23.2 Å². The lowest BCUT2D eigenvalue weighted by molar-refractivity contribution is -0.136. The number of fused-ring (bicyclic) bond motifs is 1. The molecule has 0 unspecified atom stereocenters. The summed E-state index contributed by atoms with van der Waals surface area (Å²) in [4.78, 5) is 49.8. The first kappa shape index (κ1) is 24.6. The molecule has 4 rings (SSSR count). The number of benzene rings is 3. The van der Waals surface area contributed by atoms with Crippen molar-refractivity contribution >= 4 is 69.5 Å². The van der Waals surface area contributed by atoms with Gasteiger partial charge in [-0.25, -0.2) is 5.43 Å². The van der Waals surface area contributed by atoms with E-state index in [1.54, 1.807) is 48.5 Å². The van der Waals surface area contributed by atoms with Gasteiger partial charge in [-0.1, -0.05) is 35.3 Å². The van der Waals surface area contributed by atoms with Crippen LogP contribution in [0.3, 0.4) is 0 Å². The molecule has 1 aromatic heterocycles. The predicted octanol–water partition coefficient (Wildman–Crippen LogP) is 4.44. The van der Waals surface area contributed by atoms with Crippen LogP contribution in [0.25, 0.3) is 11.0 Å². The van der Waals surface area contributed by atoms with Crippen LogP contribution < -0.4 is 21.5 Å². The number of hydrazone groups is 1. The van der Waals surface area contributed by atoms with Crippen molar-refractivity contribution in [1.82, 2.24) is 5.43 Å². The fourth-order valence-electron chi connectivity index (χ4n) is 3.12. The van der Waals surface area contributed by atoms with Gasteiger partial charge >= 0.3 is 11.8 Å². The number of rotatable bonds is 5. The smallest absolute Gasteiger partial charge is 0.329 e. The van der Waals surface area contributed by atoms with Crippen molar-refractivity contribution in [2.24, 2.45) is 5.10 Å². The summed E-state index contributed by atoms with van der Waals surface area (Å²) in [6, 6.07) is 17.2. The van der Waals surface area contributed by atoms with Crippen LogP contribution >= 0.6 is 23.2 Å². The maximum Gasteiger partial charge on any atom is 0.329 e. The predicted molar refractivity (Wildman–Crippen MR) is 138 cm³/mol. The van der Waals surface area contributed by atoms with Crippen molar-refractivity contribution in [3.63, 3.8) is 0 Å². The van der Waals surface area contributed by atoms with Crippen LogP contribution in [0.4, 0.5) is 11.4 Å². The molecular weight excluding hydrogens is 507 g/mol. The average Bonchev–Trinajstić information content (AvgIpc) is 2.87. The summed E-state index contributed by atoms with van der Waals surface area (Å²) in [6.45, 7) is 0. The first-order chi connectivity index (χ1) is 17.3. The first-order valence-corrected chi connectivity index (χ1v) is 11.1. The maximum absolute atomic E-state index is 12.7. The van der Waals surface area contributed by atoms with Gasteiger partial charge in [0.1, 0.15) is 11.8 Å². The number of anilines is 2. The Hall–Kier alpha value is -4.47. The monoisotopic (exact) mass is 522 g/mol. The Morgan fingerprint density at radius 2 is 1.58 bits per heavy atom. The van der Waals surface area contributed by atoms with Gasteiger partial charge in [-0.05, 0) is 54.6 Å². The molecule has 180 valence electrons. The van der Waals surface area contributed by atoms with E-state index in [4.69, 9.17) is 27.6 Å². The number of hydrogen-bond acceptors (Lipinski definition) is 6. The van der Waals surface area contributed by atoms with E-state index in [2.05, 4.69) is 15.7 Å². The highest BCUT2D eigenvalue weighted by molar-refractivity contribution is 6.40. The molecule has 9 nitrogen and oxygen atoms in total. The van der Waals surface area contributed by atoms with Crippen molar-refractivity contribution in [1.29, 1.82) is 0 Å². The van der Waals surface area contributed by atoms with Gasteiger partial charge in [-0.3, -0.25) is 19.2 Å². The van der Waals surface area contributed by atoms with Crippen LogP contribution in [0.5, 0.6) is 0 Å². The number of halogens is 2. The van der Waals surface area contributed by atoms with Crippen LogP contribution in [0.1, 0.15) is 15.9 Å². The Labute approximate surface area is 213 Å². The molecule has 3 aromatic carbocycles. The van der Waals surface area contributed by atoms with E-state index in [1.807, 2.05) is 5.43 Å². The molecule has 1 heterocycles. The fraction of sp³-hybridized carbons (Fsp3) is 0. The van der Waals surface area contributed by atoms with Crippen LogP contribution in [-0.2, 0) is 9.59 Å². The molecule has 0 saturated carbocycles.